The number of nitrogens with zero attached hydrogens (tertiary/aromatic N) is 2. The third-order valence-electron chi connectivity index (χ3n) is 2.84. The largest absolute Gasteiger partial charge is 0.474 e. The van der Waals surface area contributed by atoms with Crippen molar-refractivity contribution in [3.05, 3.63) is 23.9 Å². The second-order valence-corrected chi connectivity index (χ2v) is 4.19. The van der Waals surface area contributed by atoms with E-state index in [-0.39, 0.29) is 6.61 Å². The SMILES string of the molecule is N#Cc1ccc(OCC2(F)CCNCC2)nc1. The lowest BCUT2D eigenvalue weighted by molar-refractivity contribution is 0.0519. The number of alkyl halides is 1. The highest BCUT2D eigenvalue weighted by atomic mass is 19.1. The van der Waals surface area contributed by atoms with Crippen molar-refractivity contribution in [1.29, 1.82) is 5.26 Å². The molecule has 1 aliphatic heterocycles. The van der Waals surface area contributed by atoms with Crippen molar-refractivity contribution in [2.24, 2.45) is 0 Å². The van der Waals surface area contributed by atoms with Crippen LogP contribution in [-0.2, 0) is 0 Å². The van der Waals surface area contributed by atoms with Crippen LogP contribution in [0.2, 0.25) is 0 Å². The van der Waals surface area contributed by atoms with E-state index in [4.69, 9.17) is 10.00 Å². The predicted molar refractivity (Wildman–Crippen MR) is 60.4 cm³/mol. The minimum atomic E-state index is -1.26. The Balaban J connectivity index is 1.90. The highest BCUT2D eigenvalue weighted by Gasteiger charge is 2.32. The van der Waals surface area contributed by atoms with Gasteiger partial charge >= 0.3 is 0 Å². The van der Waals surface area contributed by atoms with Gasteiger partial charge in [0.2, 0.25) is 5.88 Å². The molecular weight excluding hydrogens is 221 g/mol. The van der Waals surface area contributed by atoms with E-state index in [2.05, 4.69) is 10.3 Å². The first kappa shape index (κ1) is 11.8. The molecule has 1 N–H and O–H groups in total. The van der Waals surface area contributed by atoms with Gasteiger partial charge in [0.1, 0.15) is 18.3 Å². The fraction of sp³-hybridized carbons (Fsp3) is 0.500. The number of nitrogens with one attached hydrogen (secondary N) is 1. The van der Waals surface area contributed by atoms with Crippen LogP contribution >= 0.6 is 0 Å². The number of rotatable bonds is 3. The van der Waals surface area contributed by atoms with Gasteiger partial charge in [0, 0.05) is 12.3 Å². The van der Waals surface area contributed by atoms with Crippen LogP contribution in [0.5, 0.6) is 5.88 Å². The minimum Gasteiger partial charge on any atom is -0.474 e. The third kappa shape index (κ3) is 3.14. The van der Waals surface area contributed by atoms with Crippen LogP contribution in [0.4, 0.5) is 4.39 Å². The lowest BCUT2D eigenvalue weighted by Crippen LogP contribution is -2.42. The number of pyridine rings is 1. The lowest BCUT2D eigenvalue weighted by Gasteiger charge is -2.29. The zero-order chi connectivity index (χ0) is 12.1. The molecule has 4 nitrogen and oxygen atoms in total. The van der Waals surface area contributed by atoms with Gasteiger partial charge < -0.3 is 10.1 Å². The fourth-order valence-electron chi connectivity index (χ4n) is 1.75. The molecule has 0 bridgehead atoms. The Kier molecular flexibility index (Phi) is 3.55. The number of ether oxygens (including phenoxy) is 1. The van der Waals surface area contributed by atoms with Crippen molar-refractivity contribution < 1.29 is 9.13 Å². The Morgan fingerprint density at radius 2 is 2.24 bits per heavy atom. The Morgan fingerprint density at radius 1 is 1.47 bits per heavy atom. The maximum atomic E-state index is 14.2. The molecule has 2 heterocycles. The van der Waals surface area contributed by atoms with Gasteiger partial charge in [-0.1, -0.05) is 0 Å². The van der Waals surface area contributed by atoms with Crippen molar-refractivity contribution in [3.63, 3.8) is 0 Å². The van der Waals surface area contributed by atoms with Gasteiger partial charge in [-0.3, -0.25) is 0 Å². The van der Waals surface area contributed by atoms with Crippen LogP contribution < -0.4 is 10.1 Å². The molecule has 1 saturated heterocycles. The van der Waals surface area contributed by atoms with Gasteiger partial charge in [0.15, 0.2) is 0 Å². The lowest BCUT2D eigenvalue weighted by atomic mass is 9.96. The summed E-state index contributed by atoms with van der Waals surface area (Å²) in [5.74, 6) is 0.361. The Hall–Kier alpha value is -1.67. The minimum absolute atomic E-state index is 0.0214. The normalized spacial score (nSPS) is 18.4. The van der Waals surface area contributed by atoms with E-state index in [1.807, 2.05) is 6.07 Å². The molecule has 0 spiro atoms. The molecule has 0 saturated carbocycles. The molecule has 1 aromatic heterocycles. The summed E-state index contributed by atoms with van der Waals surface area (Å²) in [6, 6.07) is 5.16. The van der Waals surface area contributed by atoms with E-state index in [1.165, 1.54) is 6.20 Å². The summed E-state index contributed by atoms with van der Waals surface area (Å²) in [6.45, 7) is 1.38. The van der Waals surface area contributed by atoms with Crippen LogP contribution in [0.3, 0.4) is 0 Å². The van der Waals surface area contributed by atoms with E-state index < -0.39 is 5.67 Å². The number of hydrogen-bond acceptors (Lipinski definition) is 4. The smallest absolute Gasteiger partial charge is 0.213 e. The number of nitriles is 1. The molecule has 0 aliphatic carbocycles. The predicted octanol–water partition coefficient (Wildman–Crippen LogP) is 1.42. The van der Waals surface area contributed by atoms with Gasteiger partial charge in [-0.2, -0.15) is 5.26 Å². The van der Waals surface area contributed by atoms with Crippen molar-refractivity contribution >= 4 is 0 Å². The average molecular weight is 235 g/mol. The zero-order valence-electron chi connectivity index (χ0n) is 9.45. The quantitative estimate of drug-likeness (QED) is 0.861. The molecule has 1 fully saturated rings. The first-order valence-electron chi connectivity index (χ1n) is 5.60. The van der Waals surface area contributed by atoms with Gasteiger partial charge in [0.05, 0.1) is 5.56 Å². The summed E-state index contributed by atoms with van der Waals surface area (Å²) < 4.78 is 19.5. The topological polar surface area (TPSA) is 57.9 Å². The van der Waals surface area contributed by atoms with Crippen LogP contribution in [0.1, 0.15) is 18.4 Å². The van der Waals surface area contributed by atoms with Gasteiger partial charge in [-0.05, 0) is 32.0 Å². The molecule has 0 unspecified atom stereocenters. The molecule has 5 heteroatoms. The maximum Gasteiger partial charge on any atom is 0.213 e. The molecule has 0 aromatic carbocycles. The summed E-state index contributed by atoms with van der Waals surface area (Å²) in [7, 11) is 0. The van der Waals surface area contributed by atoms with E-state index in [9.17, 15) is 4.39 Å². The molecule has 2 rings (SSSR count). The van der Waals surface area contributed by atoms with Crippen molar-refractivity contribution in [3.8, 4) is 11.9 Å². The van der Waals surface area contributed by atoms with E-state index in [0.29, 0.717) is 37.4 Å². The molecule has 0 radical (unpaired) electrons. The Labute approximate surface area is 99.4 Å². The van der Waals surface area contributed by atoms with Gasteiger partial charge in [0.25, 0.3) is 0 Å². The highest BCUT2D eigenvalue weighted by Crippen LogP contribution is 2.24. The van der Waals surface area contributed by atoms with Gasteiger partial charge in [-0.25, -0.2) is 9.37 Å². The monoisotopic (exact) mass is 235 g/mol. The maximum absolute atomic E-state index is 14.2. The standard InChI is InChI=1S/C12H14FN3O/c13-12(3-5-15-6-4-12)9-17-11-2-1-10(7-14)8-16-11/h1-2,8,15H,3-6,9H2. The van der Waals surface area contributed by atoms with Crippen molar-refractivity contribution in [2.75, 3.05) is 19.7 Å². The van der Waals surface area contributed by atoms with Gasteiger partial charge in [-0.15, -0.1) is 0 Å². The summed E-state index contributed by atoms with van der Waals surface area (Å²) in [5, 5.41) is 11.7. The van der Waals surface area contributed by atoms with Crippen LogP contribution in [0.25, 0.3) is 0 Å². The molecule has 0 amide bonds. The molecule has 0 atom stereocenters. The molecule has 1 aliphatic rings. The Morgan fingerprint density at radius 3 is 2.82 bits per heavy atom. The van der Waals surface area contributed by atoms with Crippen LogP contribution in [0.15, 0.2) is 18.3 Å². The summed E-state index contributed by atoms with van der Waals surface area (Å²) in [6.07, 6.45) is 2.34. The second kappa shape index (κ2) is 5.11. The first-order chi connectivity index (χ1) is 8.22. The Bertz CT molecular complexity index is 407. The van der Waals surface area contributed by atoms with Crippen LogP contribution in [0, 0.1) is 11.3 Å². The number of hydrogen-bond donors (Lipinski definition) is 1. The van der Waals surface area contributed by atoms with E-state index >= 15 is 0 Å². The summed E-state index contributed by atoms with van der Waals surface area (Å²) >= 11 is 0. The molecular formula is C12H14FN3O. The molecule has 17 heavy (non-hydrogen) atoms. The van der Waals surface area contributed by atoms with Crippen LogP contribution in [-0.4, -0.2) is 30.3 Å². The number of halogens is 1. The molecule has 1 aromatic rings. The third-order valence-corrected chi connectivity index (χ3v) is 2.84. The summed E-state index contributed by atoms with van der Waals surface area (Å²) in [5.41, 5.74) is -0.796. The van der Waals surface area contributed by atoms with E-state index in [1.54, 1.807) is 12.1 Å². The van der Waals surface area contributed by atoms with Crippen molar-refractivity contribution in [1.82, 2.24) is 10.3 Å². The van der Waals surface area contributed by atoms with Crippen molar-refractivity contribution in [2.45, 2.75) is 18.5 Å². The fourth-order valence-corrected chi connectivity index (χ4v) is 1.75. The highest BCUT2D eigenvalue weighted by molar-refractivity contribution is 5.28. The number of piperidine rings is 1. The molecule has 90 valence electrons. The summed E-state index contributed by atoms with van der Waals surface area (Å²) in [4.78, 5) is 3.94. The number of aromatic nitrogens is 1. The first-order valence-corrected chi connectivity index (χ1v) is 5.60. The average Bonchev–Trinajstić information content (AvgIpc) is 2.38. The van der Waals surface area contributed by atoms with E-state index in [0.717, 1.165) is 0 Å². The zero-order valence-corrected chi connectivity index (χ0v) is 9.45. The second-order valence-electron chi connectivity index (χ2n) is 4.19.